The van der Waals surface area contributed by atoms with Crippen molar-refractivity contribution in [3.05, 3.63) is 31.9 Å². The molecule has 0 aliphatic rings. The van der Waals surface area contributed by atoms with E-state index in [-0.39, 0.29) is 15.6 Å². The Balaban J connectivity index is 2.52. The minimum Gasteiger partial charge on any atom is -0.432 e. The van der Waals surface area contributed by atoms with Crippen LogP contribution in [0, 0.1) is 13.7 Å². The second-order valence-corrected chi connectivity index (χ2v) is 12.0. The number of rotatable bonds is 7. The summed E-state index contributed by atoms with van der Waals surface area (Å²) in [7, 11) is -2.15. The zero-order valence-corrected chi connectivity index (χ0v) is 16.1. The first-order chi connectivity index (χ1) is 9.54. The highest BCUT2D eigenvalue weighted by Crippen LogP contribution is 2.39. The predicted molar refractivity (Wildman–Crippen MR) is 97.3 cm³/mol. The monoisotopic (exact) mass is 422 g/mol. The number of nitro groups is 1. The third-order valence-electron chi connectivity index (χ3n) is 4.11. The summed E-state index contributed by atoms with van der Waals surface area (Å²) in [4.78, 5) is 20.5. The van der Waals surface area contributed by atoms with Crippen LogP contribution in [-0.2, 0) is 0 Å². The first kappa shape index (κ1) is 18.4. The summed E-state index contributed by atoms with van der Waals surface area (Å²) in [5, 5.41) is 14.0. The molecule has 0 saturated carbocycles. The van der Waals surface area contributed by atoms with E-state index in [0.717, 1.165) is 28.6 Å². The molecule has 0 fully saturated rings. The Labute approximate surface area is 140 Å². The standard InChI is InChI=1S/C14H23IN2O3Si/c1-14(2,21(3,4)20)8-5-9-16-13-7-6-11(17(18)19)10-12(13)15/h6-7,10,16,20H,5,8-9H2,1-4H3. The van der Waals surface area contributed by atoms with Gasteiger partial charge in [0.25, 0.3) is 5.69 Å². The van der Waals surface area contributed by atoms with Crippen LogP contribution in [0.3, 0.4) is 0 Å². The molecule has 0 spiro atoms. The minimum atomic E-state index is -2.15. The van der Waals surface area contributed by atoms with Gasteiger partial charge in [0.15, 0.2) is 8.32 Å². The summed E-state index contributed by atoms with van der Waals surface area (Å²) in [5.74, 6) is 0. The van der Waals surface area contributed by atoms with Crippen LogP contribution in [0.25, 0.3) is 0 Å². The van der Waals surface area contributed by atoms with Crippen molar-refractivity contribution in [2.75, 3.05) is 11.9 Å². The lowest BCUT2D eigenvalue weighted by Crippen LogP contribution is -2.39. The fourth-order valence-electron chi connectivity index (χ4n) is 1.82. The topological polar surface area (TPSA) is 75.4 Å². The minimum absolute atomic E-state index is 0.0166. The number of benzene rings is 1. The lowest BCUT2D eigenvalue weighted by Gasteiger charge is -2.35. The zero-order valence-electron chi connectivity index (χ0n) is 12.9. The highest BCUT2D eigenvalue weighted by atomic mass is 127. The van der Waals surface area contributed by atoms with E-state index in [1.165, 1.54) is 6.07 Å². The first-order valence-electron chi connectivity index (χ1n) is 6.95. The fourth-order valence-corrected chi connectivity index (χ4v) is 3.30. The van der Waals surface area contributed by atoms with Crippen molar-refractivity contribution in [2.45, 2.75) is 44.8 Å². The molecule has 0 bridgehead atoms. The number of nitrogens with one attached hydrogen (secondary N) is 1. The van der Waals surface area contributed by atoms with E-state index >= 15 is 0 Å². The average molecular weight is 422 g/mol. The van der Waals surface area contributed by atoms with E-state index in [2.05, 4.69) is 41.8 Å². The van der Waals surface area contributed by atoms with Crippen molar-refractivity contribution in [2.24, 2.45) is 0 Å². The average Bonchev–Trinajstić information content (AvgIpc) is 2.34. The van der Waals surface area contributed by atoms with E-state index in [1.807, 2.05) is 13.1 Å². The zero-order chi connectivity index (χ0) is 16.3. The highest BCUT2D eigenvalue weighted by molar-refractivity contribution is 14.1. The number of halogens is 1. The molecule has 0 saturated heterocycles. The van der Waals surface area contributed by atoms with Crippen LogP contribution in [-0.4, -0.2) is 24.6 Å². The summed E-state index contributed by atoms with van der Waals surface area (Å²) in [6.45, 7) is 8.98. The predicted octanol–water partition coefficient (Wildman–Crippen LogP) is 4.37. The molecule has 0 radical (unpaired) electrons. The molecule has 0 aliphatic heterocycles. The largest absolute Gasteiger partial charge is 0.432 e. The lowest BCUT2D eigenvalue weighted by molar-refractivity contribution is -0.384. The Bertz CT molecular complexity index is 515. The molecule has 2 N–H and O–H groups in total. The van der Waals surface area contributed by atoms with Crippen molar-refractivity contribution < 1.29 is 9.72 Å². The number of anilines is 1. The molecule has 1 rings (SSSR count). The second-order valence-electron chi connectivity index (χ2n) is 6.39. The van der Waals surface area contributed by atoms with Gasteiger partial charge in [-0.15, -0.1) is 0 Å². The molecule has 0 heterocycles. The Morgan fingerprint density at radius 3 is 2.52 bits per heavy atom. The van der Waals surface area contributed by atoms with Crippen LogP contribution in [0.15, 0.2) is 18.2 Å². The van der Waals surface area contributed by atoms with Gasteiger partial charge in [0.05, 0.1) is 4.92 Å². The summed E-state index contributed by atoms with van der Waals surface area (Å²) in [6.07, 6.45) is 1.91. The molecule has 0 unspecified atom stereocenters. The van der Waals surface area contributed by atoms with Crippen molar-refractivity contribution in [1.82, 2.24) is 0 Å². The highest BCUT2D eigenvalue weighted by Gasteiger charge is 2.37. The number of hydrogen-bond acceptors (Lipinski definition) is 4. The SMILES string of the molecule is CC(C)(CCCNc1ccc([N+](=O)[O-])cc1I)[Si](C)(C)O. The van der Waals surface area contributed by atoms with Gasteiger partial charge < -0.3 is 10.1 Å². The van der Waals surface area contributed by atoms with Gasteiger partial charge in [-0.3, -0.25) is 10.1 Å². The maximum absolute atomic E-state index is 10.7. The number of nitro benzene ring substituents is 1. The van der Waals surface area contributed by atoms with Crippen LogP contribution in [0.2, 0.25) is 18.1 Å². The van der Waals surface area contributed by atoms with Crippen LogP contribution in [0.4, 0.5) is 11.4 Å². The number of nitrogens with zero attached hydrogens (tertiary/aromatic N) is 1. The summed E-state index contributed by atoms with van der Waals surface area (Å²) < 4.78 is 0.845. The summed E-state index contributed by atoms with van der Waals surface area (Å²) in [5.41, 5.74) is 1.03. The van der Waals surface area contributed by atoms with Crippen LogP contribution in [0.5, 0.6) is 0 Å². The molecule has 21 heavy (non-hydrogen) atoms. The van der Waals surface area contributed by atoms with E-state index in [1.54, 1.807) is 12.1 Å². The fraction of sp³-hybridized carbons (Fsp3) is 0.571. The van der Waals surface area contributed by atoms with E-state index < -0.39 is 8.32 Å². The van der Waals surface area contributed by atoms with Gasteiger partial charge in [-0.25, -0.2) is 0 Å². The molecule has 1 aromatic rings. The van der Waals surface area contributed by atoms with Crippen molar-refractivity contribution in [1.29, 1.82) is 0 Å². The van der Waals surface area contributed by atoms with E-state index in [0.29, 0.717) is 0 Å². The molecular weight excluding hydrogens is 399 g/mol. The smallest absolute Gasteiger partial charge is 0.270 e. The number of hydrogen-bond donors (Lipinski definition) is 2. The van der Waals surface area contributed by atoms with Crippen LogP contribution in [0.1, 0.15) is 26.7 Å². The molecule has 0 amide bonds. The summed E-state index contributed by atoms with van der Waals surface area (Å²) in [6, 6.07) is 4.82. The van der Waals surface area contributed by atoms with Crippen LogP contribution < -0.4 is 5.32 Å². The van der Waals surface area contributed by atoms with Gasteiger partial charge in [-0.2, -0.15) is 0 Å². The van der Waals surface area contributed by atoms with E-state index in [4.69, 9.17) is 0 Å². The van der Waals surface area contributed by atoms with Crippen molar-refractivity contribution in [3.63, 3.8) is 0 Å². The van der Waals surface area contributed by atoms with Crippen molar-refractivity contribution >= 4 is 42.3 Å². The molecule has 5 nitrogen and oxygen atoms in total. The molecule has 0 aliphatic carbocycles. The third-order valence-corrected chi connectivity index (χ3v) is 8.57. The number of non-ortho nitro benzene ring substituents is 1. The summed E-state index contributed by atoms with van der Waals surface area (Å²) >= 11 is 2.10. The molecule has 0 atom stereocenters. The van der Waals surface area contributed by atoms with Gasteiger partial charge >= 0.3 is 0 Å². The lowest BCUT2D eigenvalue weighted by atomic mass is 10.1. The maximum Gasteiger partial charge on any atom is 0.270 e. The maximum atomic E-state index is 10.7. The Hall–Kier alpha value is -0.673. The molecule has 7 heteroatoms. The Kier molecular flexibility index (Phi) is 6.18. The first-order valence-corrected chi connectivity index (χ1v) is 11.0. The molecule has 118 valence electrons. The molecular formula is C14H23IN2O3Si. The van der Waals surface area contributed by atoms with Gasteiger partial charge in [0.2, 0.25) is 0 Å². The van der Waals surface area contributed by atoms with Gasteiger partial charge in [0.1, 0.15) is 0 Å². The van der Waals surface area contributed by atoms with Gasteiger partial charge in [-0.05, 0) is 59.6 Å². The van der Waals surface area contributed by atoms with Crippen molar-refractivity contribution in [3.8, 4) is 0 Å². The Morgan fingerprint density at radius 2 is 2.05 bits per heavy atom. The quantitative estimate of drug-likeness (QED) is 0.225. The van der Waals surface area contributed by atoms with E-state index in [9.17, 15) is 14.9 Å². The van der Waals surface area contributed by atoms with Gasteiger partial charge in [0, 0.05) is 27.9 Å². The van der Waals surface area contributed by atoms with Crippen LogP contribution >= 0.6 is 22.6 Å². The van der Waals surface area contributed by atoms with Gasteiger partial charge in [-0.1, -0.05) is 13.8 Å². The normalized spacial score (nSPS) is 12.3. The second kappa shape index (κ2) is 7.06. The third kappa shape index (κ3) is 5.22. The molecule has 1 aromatic carbocycles. The molecule has 0 aromatic heterocycles. The Morgan fingerprint density at radius 1 is 1.43 bits per heavy atom.